The quantitative estimate of drug-likeness (QED) is 0.457. The SMILES string of the molecule is CCCC(CCO)CN=C(NCC)NCCc1ccc(C)nc1. The van der Waals surface area contributed by atoms with Gasteiger partial charge in [-0.1, -0.05) is 19.4 Å². The Morgan fingerprint density at radius 1 is 1.26 bits per heavy atom. The van der Waals surface area contributed by atoms with E-state index in [4.69, 9.17) is 5.11 Å². The van der Waals surface area contributed by atoms with Crippen LogP contribution in [0.4, 0.5) is 0 Å². The lowest BCUT2D eigenvalue weighted by atomic mass is 10.0. The molecule has 0 bridgehead atoms. The molecule has 23 heavy (non-hydrogen) atoms. The van der Waals surface area contributed by atoms with Gasteiger partial charge >= 0.3 is 0 Å². The number of nitrogens with zero attached hydrogens (tertiary/aromatic N) is 2. The van der Waals surface area contributed by atoms with Gasteiger partial charge in [0.1, 0.15) is 0 Å². The second-order valence-electron chi connectivity index (χ2n) is 5.87. The number of aliphatic hydroxyl groups is 1. The number of pyridine rings is 1. The molecule has 1 heterocycles. The van der Waals surface area contributed by atoms with Crippen molar-refractivity contribution >= 4 is 5.96 Å². The van der Waals surface area contributed by atoms with E-state index in [0.717, 1.165) is 57.0 Å². The molecule has 0 spiro atoms. The molecule has 1 aromatic rings. The van der Waals surface area contributed by atoms with Crippen LogP contribution in [0.2, 0.25) is 0 Å². The lowest BCUT2D eigenvalue weighted by Gasteiger charge is -2.15. The molecular formula is C18H32N4O. The van der Waals surface area contributed by atoms with E-state index < -0.39 is 0 Å². The fraction of sp³-hybridized carbons (Fsp3) is 0.667. The predicted molar refractivity (Wildman–Crippen MR) is 96.8 cm³/mol. The highest BCUT2D eigenvalue weighted by Crippen LogP contribution is 2.10. The lowest BCUT2D eigenvalue weighted by molar-refractivity contribution is 0.253. The zero-order chi connectivity index (χ0) is 16.9. The summed E-state index contributed by atoms with van der Waals surface area (Å²) in [6.07, 6.45) is 5.92. The summed E-state index contributed by atoms with van der Waals surface area (Å²) in [5.74, 6) is 1.31. The summed E-state index contributed by atoms with van der Waals surface area (Å²) in [5.41, 5.74) is 2.27. The molecule has 0 fully saturated rings. The first kappa shape index (κ1) is 19.4. The summed E-state index contributed by atoms with van der Waals surface area (Å²) < 4.78 is 0. The lowest BCUT2D eigenvalue weighted by Crippen LogP contribution is -2.38. The second-order valence-corrected chi connectivity index (χ2v) is 5.87. The van der Waals surface area contributed by atoms with E-state index in [1.807, 2.05) is 19.2 Å². The maximum Gasteiger partial charge on any atom is 0.191 e. The van der Waals surface area contributed by atoms with E-state index in [-0.39, 0.29) is 6.61 Å². The zero-order valence-corrected chi connectivity index (χ0v) is 14.8. The highest BCUT2D eigenvalue weighted by molar-refractivity contribution is 5.79. The van der Waals surface area contributed by atoms with Crippen LogP contribution in [0.3, 0.4) is 0 Å². The molecule has 3 N–H and O–H groups in total. The molecule has 1 rings (SSSR count). The number of aryl methyl sites for hydroxylation is 1. The third-order valence-electron chi connectivity index (χ3n) is 3.76. The van der Waals surface area contributed by atoms with Gasteiger partial charge in [0.05, 0.1) is 0 Å². The molecule has 0 amide bonds. The van der Waals surface area contributed by atoms with Crippen molar-refractivity contribution in [2.75, 3.05) is 26.2 Å². The molecule has 5 heteroatoms. The normalized spacial score (nSPS) is 13.0. The first-order valence-corrected chi connectivity index (χ1v) is 8.74. The Kier molecular flexibility index (Phi) is 10.0. The van der Waals surface area contributed by atoms with Crippen LogP contribution in [0, 0.1) is 12.8 Å². The van der Waals surface area contributed by atoms with Crippen molar-refractivity contribution in [3.05, 3.63) is 29.6 Å². The average molecular weight is 320 g/mol. The van der Waals surface area contributed by atoms with Gasteiger partial charge < -0.3 is 15.7 Å². The third-order valence-corrected chi connectivity index (χ3v) is 3.76. The summed E-state index contributed by atoms with van der Waals surface area (Å²) in [7, 11) is 0. The Hall–Kier alpha value is -1.62. The monoisotopic (exact) mass is 320 g/mol. The van der Waals surface area contributed by atoms with Crippen molar-refractivity contribution in [2.24, 2.45) is 10.9 Å². The minimum atomic E-state index is 0.241. The Morgan fingerprint density at radius 2 is 2.09 bits per heavy atom. The van der Waals surface area contributed by atoms with E-state index in [0.29, 0.717) is 5.92 Å². The van der Waals surface area contributed by atoms with Crippen molar-refractivity contribution in [3.8, 4) is 0 Å². The number of guanidine groups is 1. The zero-order valence-electron chi connectivity index (χ0n) is 14.8. The van der Waals surface area contributed by atoms with Crippen LogP contribution < -0.4 is 10.6 Å². The fourth-order valence-corrected chi connectivity index (χ4v) is 2.45. The van der Waals surface area contributed by atoms with E-state index in [1.54, 1.807) is 0 Å². The summed E-state index contributed by atoms with van der Waals surface area (Å²) in [4.78, 5) is 8.98. The predicted octanol–water partition coefficient (Wildman–Crippen LogP) is 2.29. The van der Waals surface area contributed by atoms with Crippen LogP contribution in [0.5, 0.6) is 0 Å². The number of aliphatic imine (C=N–C) groups is 1. The van der Waals surface area contributed by atoms with Crippen molar-refractivity contribution in [1.82, 2.24) is 15.6 Å². The molecule has 0 saturated carbocycles. The molecule has 0 saturated heterocycles. The first-order chi connectivity index (χ1) is 11.2. The molecule has 1 atom stereocenters. The van der Waals surface area contributed by atoms with Gasteiger partial charge in [-0.2, -0.15) is 0 Å². The fourth-order valence-electron chi connectivity index (χ4n) is 2.45. The van der Waals surface area contributed by atoms with Crippen molar-refractivity contribution in [3.63, 3.8) is 0 Å². The molecule has 0 aromatic carbocycles. The third kappa shape index (κ3) is 8.55. The van der Waals surface area contributed by atoms with Crippen LogP contribution >= 0.6 is 0 Å². The van der Waals surface area contributed by atoms with Crippen molar-refractivity contribution < 1.29 is 5.11 Å². The molecule has 0 aliphatic heterocycles. The van der Waals surface area contributed by atoms with Crippen LogP contribution in [-0.2, 0) is 6.42 Å². The van der Waals surface area contributed by atoms with Crippen LogP contribution in [0.15, 0.2) is 23.3 Å². The number of rotatable bonds is 10. The molecule has 1 unspecified atom stereocenters. The highest BCUT2D eigenvalue weighted by Gasteiger charge is 2.07. The molecule has 130 valence electrons. The Balaban J connectivity index is 2.46. The Bertz CT molecular complexity index is 439. The van der Waals surface area contributed by atoms with Gasteiger partial charge in [-0.3, -0.25) is 9.98 Å². The molecule has 0 radical (unpaired) electrons. The minimum absolute atomic E-state index is 0.241. The molecule has 1 aromatic heterocycles. The van der Waals surface area contributed by atoms with Gasteiger partial charge in [0, 0.05) is 38.1 Å². The number of aliphatic hydroxyl groups excluding tert-OH is 1. The topological polar surface area (TPSA) is 69.5 Å². The van der Waals surface area contributed by atoms with Gasteiger partial charge in [-0.05, 0) is 50.7 Å². The number of hydrogen-bond donors (Lipinski definition) is 3. The van der Waals surface area contributed by atoms with Crippen LogP contribution in [-0.4, -0.2) is 42.3 Å². The van der Waals surface area contributed by atoms with Crippen LogP contribution in [0.1, 0.15) is 44.4 Å². The number of nitrogens with one attached hydrogen (secondary N) is 2. The minimum Gasteiger partial charge on any atom is -0.396 e. The summed E-state index contributed by atoms with van der Waals surface area (Å²) in [6.45, 7) is 8.91. The largest absolute Gasteiger partial charge is 0.396 e. The van der Waals surface area contributed by atoms with Crippen molar-refractivity contribution in [2.45, 2.75) is 46.5 Å². The van der Waals surface area contributed by atoms with E-state index in [9.17, 15) is 0 Å². The first-order valence-electron chi connectivity index (χ1n) is 8.74. The van der Waals surface area contributed by atoms with Gasteiger partial charge in [-0.25, -0.2) is 0 Å². The summed E-state index contributed by atoms with van der Waals surface area (Å²) in [6, 6.07) is 4.16. The maximum atomic E-state index is 9.13. The number of hydrogen-bond acceptors (Lipinski definition) is 3. The van der Waals surface area contributed by atoms with E-state index >= 15 is 0 Å². The van der Waals surface area contributed by atoms with Crippen LogP contribution in [0.25, 0.3) is 0 Å². The molecule has 0 aliphatic carbocycles. The Labute approximate surface area is 140 Å². The summed E-state index contributed by atoms with van der Waals surface area (Å²) in [5, 5.41) is 15.8. The molecule has 0 aliphatic rings. The second kappa shape index (κ2) is 11.9. The number of aromatic nitrogens is 1. The highest BCUT2D eigenvalue weighted by atomic mass is 16.3. The van der Waals surface area contributed by atoms with Gasteiger partial charge in [-0.15, -0.1) is 0 Å². The molecule has 5 nitrogen and oxygen atoms in total. The van der Waals surface area contributed by atoms with Crippen molar-refractivity contribution in [1.29, 1.82) is 0 Å². The standard InChI is InChI=1S/C18H32N4O/c1-4-6-16(10-12-23)14-22-18(19-5-2)20-11-9-17-8-7-15(3)21-13-17/h7-8,13,16,23H,4-6,9-12,14H2,1-3H3,(H2,19,20,22). The van der Waals surface area contributed by atoms with E-state index in [1.165, 1.54) is 5.56 Å². The van der Waals surface area contributed by atoms with Gasteiger partial charge in [0.15, 0.2) is 5.96 Å². The van der Waals surface area contributed by atoms with Gasteiger partial charge in [0.2, 0.25) is 0 Å². The maximum absolute atomic E-state index is 9.13. The average Bonchev–Trinajstić information content (AvgIpc) is 2.54. The van der Waals surface area contributed by atoms with E-state index in [2.05, 4.69) is 40.5 Å². The summed E-state index contributed by atoms with van der Waals surface area (Å²) >= 11 is 0. The molecular weight excluding hydrogens is 288 g/mol. The smallest absolute Gasteiger partial charge is 0.191 e. The Morgan fingerprint density at radius 3 is 2.70 bits per heavy atom. The van der Waals surface area contributed by atoms with Gasteiger partial charge in [0.25, 0.3) is 0 Å².